The molecule has 0 unspecified atom stereocenters. The van der Waals surface area contributed by atoms with E-state index in [9.17, 15) is 0 Å². The minimum atomic E-state index is 0.835. The Labute approximate surface area is 155 Å². The van der Waals surface area contributed by atoms with Crippen LogP contribution in [0.1, 0.15) is 18.4 Å². The summed E-state index contributed by atoms with van der Waals surface area (Å²) in [4.78, 5) is 2.36. The summed E-state index contributed by atoms with van der Waals surface area (Å²) in [6, 6.07) is 24.7. The largest absolute Gasteiger partial charge is 0.369 e. The van der Waals surface area contributed by atoms with Crippen LogP contribution in [0.3, 0.4) is 0 Å². The van der Waals surface area contributed by atoms with Gasteiger partial charge in [-0.25, -0.2) is 0 Å². The van der Waals surface area contributed by atoms with Gasteiger partial charge in [0.1, 0.15) is 5.82 Å². The van der Waals surface area contributed by atoms with Crippen LogP contribution in [0.2, 0.25) is 0 Å². The fourth-order valence-corrected chi connectivity index (χ4v) is 2.89. The molecule has 1 heterocycles. The zero-order valence-electron chi connectivity index (χ0n) is 15.3. The van der Waals surface area contributed by atoms with E-state index in [0.29, 0.717) is 0 Å². The van der Waals surface area contributed by atoms with Crippen molar-refractivity contribution in [1.82, 2.24) is 15.1 Å². The third kappa shape index (κ3) is 5.67. The minimum Gasteiger partial charge on any atom is -0.369 e. The van der Waals surface area contributed by atoms with E-state index < -0.39 is 0 Å². The zero-order valence-corrected chi connectivity index (χ0v) is 15.3. The lowest BCUT2D eigenvalue weighted by molar-refractivity contribution is 0.320. The summed E-state index contributed by atoms with van der Waals surface area (Å²) in [5.74, 6) is 0.835. The van der Waals surface area contributed by atoms with E-state index in [0.717, 1.165) is 49.6 Å². The van der Waals surface area contributed by atoms with Crippen molar-refractivity contribution in [3.8, 4) is 11.3 Å². The molecule has 134 valence electrons. The third-order valence-electron chi connectivity index (χ3n) is 4.30. The molecule has 0 radical (unpaired) electrons. The quantitative estimate of drug-likeness (QED) is 0.581. The van der Waals surface area contributed by atoms with Gasteiger partial charge in [-0.15, -0.1) is 10.2 Å². The van der Waals surface area contributed by atoms with E-state index in [1.54, 1.807) is 0 Å². The number of anilines is 1. The van der Waals surface area contributed by atoms with Crippen molar-refractivity contribution < 1.29 is 0 Å². The highest BCUT2D eigenvalue weighted by Crippen LogP contribution is 2.16. The topological polar surface area (TPSA) is 41.0 Å². The van der Waals surface area contributed by atoms with Gasteiger partial charge in [0.25, 0.3) is 0 Å². The third-order valence-corrected chi connectivity index (χ3v) is 4.30. The first kappa shape index (κ1) is 18.1. The van der Waals surface area contributed by atoms with E-state index in [1.807, 2.05) is 42.5 Å². The Bertz CT molecular complexity index is 757. The van der Waals surface area contributed by atoms with Gasteiger partial charge in [-0.2, -0.15) is 0 Å². The van der Waals surface area contributed by atoms with Gasteiger partial charge >= 0.3 is 0 Å². The average molecular weight is 346 g/mol. The standard InChI is InChI=1S/C22H26N4/c1-26(18-19-10-4-2-5-11-19)17-9-8-16-23-22-15-14-21(24-25-22)20-12-6-3-7-13-20/h2-7,10-15H,8-9,16-18H2,1H3,(H,23,25). The molecule has 0 saturated heterocycles. The van der Waals surface area contributed by atoms with Crippen LogP contribution < -0.4 is 5.32 Å². The molecule has 0 bridgehead atoms. The number of nitrogens with one attached hydrogen (secondary N) is 1. The number of benzene rings is 2. The van der Waals surface area contributed by atoms with Gasteiger partial charge in [-0.05, 0) is 44.1 Å². The van der Waals surface area contributed by atoms with Crippen molar-refractivity contribution in [3.63, 3.8) is 0 Å². The first-order valence-corrected chi connectivity index (χ1v) is 9.17. The number of hydrogen-bond donors (Lipinski definition) is 1. The van der Waals surface area contributed by atoms with E-state index in [2.05, 4.69) is 57.8 Å². The van der Waals surface area contributed by atoms with Crippen LogP contribution in [0.4, 0.5) is 5.82 Å². The predicted octanol–water partition coefficient (Wildman–Crippen LogP) is 4.47. The van der Waals surface area contributed by atoms with Gasteiger partial charge in [0.05, 0.1) is 5.69 Å². The number of unbranched alkanes of at least 4 members (excludes halogenated alkanes) is 1. The molecule has 4 nitrogen and oxygen atoms in total. The summed E-state index contributed by atoms with van der Waals surface area (Å²) in [7, 11) is 2.17. The summed E-state index contributed by atoms with van der Waals surface area (Å²) < 4.78 is 0. The van der Waals surface area contributed by atoms with E-state index in [-0.39, 0.29) is 0 Å². The molecular formula is C22H26N4. The van der Waals surface area contributed by atoms with Crippen LogP contribution in [0, 0.1) is 0 Å². The van der Waals surface area contributed by atoms with Crippen LogP contribution in [0.15, 0.2) is 72.8 Å². The van der Waals surface area contributed by atoms with Crippen LogP contribution in [-0.2, 0) is 6.54 Å². The first-order valence-electron chi connectivity index (χ1n) is 9.17. The number of nitrogens with zero attached hydrogens (tertiary/aromatic N) is 3. The van der Waals surface area contributed by atoms with Crippen molar-refractivity contribution in [2.75, 3.05) is 25.5 Å². The Kier molecular flexibility index (Phi) is 6.73. The molecule has 0 fully saturated rings. The lowest BCUT2D eigenvalue weighted by atomic mass is 10.1. The van der Waals surface area contributed by atoms with Crippen molar-refractivity contribution >= 4 is 5.82 Å². The van der Waals surface area contributed by atoms with Gasteiger partial charge in [0, 0.05) is 18.7 Å². The number of rotatable bonds is 9. The molecule has 1 N–H and O–H groups in total. The van der Waals surface area contributed by atoms with Crippen molar-refractivity contribution in [3.05, 3.63) is 78.4 Å². The summed E-state index contributed by atoms with van der Waals surface area (Å²) >= 11 is 0. The molecule has 3 aromatic rings. The van der Waals surface area contributed by atoms with Gasteiger partial charge in [0.15, 0.2) is 0 Å². The van der Waals surface area contributed by atoms with Crippen LogP contribution >= 0.6 is 0 Å². The predicted molar refractivity (Wildman–Crippen MR) is 108 cm³/mol. The van der Waals surface area contributed by atoms with Crippen LogP contribution in [-0.4, -0.2) is 35.2 Å². The van der Waals surface area contributed by atoms with Crippen molar-refractivity contribution in [2.24, 2.45) is 0 Å². The average Bonchev–Trinajstić information content (AvgIpc) is 2.70. The molecular weight excluding hydrogens is 320 g/mol. The lowest BCUT2D eigenvalue weighted by Crippen LogP contribution is -2.19. The highest BCUT2D eigenvalue weighted by molar-refractivity contribution is 5.59. The molecule has 0 saturated carbocycles. The normalized spacial score (nSPS) is 10.8. The fourth-order valence-electron chi connectivity index (χ4n) is 2.89. The Morgan fingerprint density at radius 2 is 1.54 bits per heavy atom. The molecule has 0 aliphatic heterocycles. The van der Waals surface area contributed by atoms with Gasteiger partial charge < -0.3 is 10.2 Å². The summed E-state index contributed by atoms with van der Waals surface area (Å²) in [5, 5.41) is 11.9. The van der Waals surface area contributed by atoms with Crippen molar-refractivity contribution in [2.45, 2.75) is 19.4 Å². The molecule has 4 heteroatoms. The molecule has 3 rings (SSSR count). The smallest absolute Gasteiger partial charge is 0.148 e. The first-order chi connectivity index (χ1) is 12.8. The molecule has 0 spiro atoms. The maximum Gasteiger partial charge on any atom is 0.148 e. The summed E-state index contributed by atoms with van der Waals surface area (Å²) in [5.41, 5.74) is 3.36. The minimum absolute atomic E-state index is 0.835. The molecule has 26 heavy (non-hydrogen) atoms. The second-order valence-corrected chi connectivity index (χ2v) is 6.53. The van der Waals surface area contributed by atoms with Gasteiger partial charge in [0.2, 0.25) is 0 Å². The Hall–Kier alpha value is -2.72. The second-order valence-electron chi connectivity index (χ2n) is 6.53. The van der Waals surface area contributed by atoms with Crippen LogP contribution in [0.5, 0.6) is 0 Å². The van der Waals surface area contributed by atoms with E-state index >= 15 is 0 Å². The zero-order chi connectivity index (χ0) is 18.0. The Balaban J connectivity index is 1.35. The number of aromatic nitrogens is 2. The van der Waals surface area contributed by atoms with E-state index in [1.165, 1.54) is 5.56 Å². The monoisotopic (exact) mass is 346 g/mol. The molecule has 0 atom stereocenters. The molecule has 2 aromatic carbocycles. The maximum atomic E-state index is 4.30. The van der Waals surface area contributed by atoms with Crippen LogP contribution in [0.25, 0.3) is 11.3 Å². The SMILES string of the molecule is CN(CCCCNc1ccc(-c2ccccc2)nn1)Cc1ccccc1. The molecule has 0 amide bonds. The highest BCUT2D eigenvalue weighted by Gasteiger charge is 2.02. The molecule has 0 aliphatic rings. The highest BCUT2D eigenvalue weighted by atomic mass is 15.2. The van der Waals surface area contributed by atoms with Crippen molar-refractivity contribution in [1.29, 1.82) is 0 Å². The Morgan fingerprint density at radius 3 is 2.23 bits per heavy atom. The van der Waals surface area contributed by atoms with E-state index in [4.69, 9.17) is 0 Å². The second kappa shape index (κ2) is 9.68. The molecule has 1 aromatic heterocycles. The number of hydrogen-bond acceptors (Lipinski definition) is 4. The fraction of sp³-hybridized carbons (Fsp3) is 0.273. The summed E-state index contributed by atoms with van der Waals surface area (Å²) in [6.07, 6.45) is 2.27. The molecule has 0 aliphatic carbocycles. The van der Waals surface area contributed by atoms with Gasteiger partial charge in [-0.3, -0.25) is 0 Å². The van der Waals surface area contributed by atoms with Gasteiger partial charge in [-0.1, -0.05) is 60.7 Å². The maximum absolute atomic E-state index is 4.30. The Morgan fingerprint density at radius 1 is 0.808 bits per heavy atom. The summed E-state index contributed by atoms with van der Waals surface area (Å²) in [6.45, 7) is 3.01. The lowest BCUT2D eigenvalue weighted by Gasteiger charge is -2.16.